The van der Waals surface area contributed by atoms with Crippen LogP contribution in [-0.4, -0.2) is 18.1 Å². The summed E-state index contributed by atoms with van der Waals surface area (Å²) in [5.74, 6) is -0.668. The molecule has 1 heterocycles. The van der Waals surface area contributed by atoms with E-state index in [1.807, 2.05) is 0 Å². The van der Waals surface area contributed by atoms with Crippen LogP contribution in [0, 0.1) is 5.82 Å². The summed E-state index contributed by atoms with van der Waals surface area (Å²) in [5.41, 5.74) is 2.50. The standard InChI is InChI=1S/C16H13FN2O3/c1-21-15(20)8-10-5-6-13-14(7-10)22-16(19-13)18-12-4-2-3-11(17)9-12/h2-7,9H,8H2,1H3,(H,18,19). The average Bonchev–Trinajstić information content (AvgIpc) is 2.88. The molecule has 3 aromatic rings. The van der Waals surface area contributed by atoms with Crippen LogP contribution < -0.4 is 5.32 Å². The number of carbonyl (C=O) groups excluding carboxylic acids is 1. The minimum Gasteiger partial charge on any atom is -0.469 e. The third kappa shape index (κ3) is 3.06. The molecule has 0 amide bonds. The van der Waals surface area contributed by atoms with E-state index in [1.54, 1.807) is 30.3 Å². The number of rotatable bonds is 4. The number of aromatic nitrogens is 1. The van der Waals surface area contributed by atoms with Gasteiger partial charge in [-0.15, -0.1) is 0 Å². The summed E-state index contributed by atoms with van der Waals surface area (Å²) in [4.78, 5) is 15.5. The van der Waals surface area contributed by atoms with Crippen molar-refractivity contribution in [2.45, 2.75) is 6.42 Å². The number of carbonyl (C=O) groups is 1. The highest BCUT2D eigenvalue weighted by Crippen LogP contribution is 2.23. The fourth-order valence-electron chi connectivity index (χ4n) is 2.06. The minimum atomic E-state index is -0.346. The highest BCUT2D eigenvalue weighted by atomic mass is 19.1. The van der Waals surface area contributed by atoms with Crippen molar-refractivity contribution < 1.29 is 18.3 Å². The van der Waals surface area contributed by atoms with Crippen LogP contribution in [0.2, 0.25) is 0 Å². The number of oxazole rings is 1. The number of hydrogen-bond acceptors (Lipinski definition) is 5. The molecular weight excluding hydrogens is 287 g/mol. The van der Waals surface area contributed by atoms with E-state index < -0.39 is 0 Å². The Morgan fingerprint density at radius 3 is 2.95 bits per heavy atom. The molecule has 0 unspecified atom stereocenters. The third-order valence-electron chi connectivity index (χ3n) is 3.10. The Bertz CT molecular complexity index is 829. The van der Waals surface area contributed by atoms with Gasteiger partial charge in [0, 0.05) is 5.69 Å². The molecule has 0 aliphatic rings. The lowest BCUT2D eigenvalue weighted by Gasteiger charge is -2.00. The number of esters is 1. The van der Waals surface area contributed by atoms with Crippen molar-refractivity contribution in [2.24, 2.45) is 0 Å². The number of methoxy groups -OCH3 is 1. The first-order valence-electron chi connectivity index (χ1n) is 6.63. The zero-order valence-corrected chi connectivity index (χ0v) is 11.8. The number of hydrogen-bond donors (Lipinski definition) is 1. The smallest absolute Gasteiger partial charge is 0.309 e. The number of halogens is 1. The molecule has 0 fully saturated rings. The summed E-state index contributed by atoms with van der Waals surface area (Å²) in [7, 11) is 1.34. The van der Waals surface area contributed by atoms with E-state index in [0.29, 0.717) is 16.8 Å². The van der Waals surface area contributed by atoms with Crippen LogP contribution in [0.1, 0.15) is 5.56 Å². The number of nitrogens with zero attached hydrogens (tertiary/aromatic N) is 1. The quantitative estimate of drug-likeness (QED) is 0.748. The second kappa shape index (κ2) is 5.85. The molecule has 112 valence electrons. The lowest BCUT2D eigenvalue weighted by Crippen LogP contribution is -2.03. The van der Waals surface area contributed by atoms with Gasteiger partial charge in [0.15, 0.2) is 5.58 Å². The molecule has 1 N–H and O–H groups in total. The van der Waals surface area contributed by atoms with Gasteiger partial charge in [0.1, 0.15) is 11.3 Å². The minimum absolute atomic E-state index is 0.166. The van der Waals surface area contributed by atoms with Gasteiger partial charge in [-0.3, -0.25) is 4.79 Å². The van der Waals surface area contributed by atoms with E-state index in [4.69, 9.17) is 4.42 Å². The zero-order valence-electron chi connectivity index (χ0n) is 11.8. The molecule has 0 bridgehead atoms. The average molecular weight is 300 g/mol. The Kier molecular flexibility index (Phi) is 3.74. The van der Waals surface area contributed by atoms with E-state index in [1.165, 1.54) is 19.2 Å². The maximum absolute atomic E-state index is 13.1. The van der Waals surface area contributed by atoms with Gasteiger partial charge in [-0.25, -0.2) is 4.39 Å². The Hall–Kier alpha value is -2.89. The summed E-state index contributed by atoms with van der Waals surface area (Å²) in [5, 5.41) is 2.90. The molecule has 0 aliphatic heterocycles. The maximum Gasteiger partial charge on any atom is 0.309 e. The van der Waals surface area contributed by atoms with Gasteiger partial charge in [-0.1, -0.05) is 12.1 Å². The zero-order chi connectivity index (χ0) is 15.5. The van der Waals surface area contributed by atoms with Crippen molar-refractivity contribution in [2.75, 3.05) is 12.4 Å². The second-order valence-corrected chi connectivity index (χ2v) is 4.71. The molecule has 0 atom stereocenters. The van der Waals surface area contributed by atoms with Gasteiger partial charge in [-0.2, -0.15) is 4.98 Å². The van der Waals surface area contributed by atoms with Crippen molar-refractivity contribution in [1.29, 1.82) is 0 Å². The molecular formula is C16H13FN2O3. The van der Waals surface area contributed by atoms with E-state index in [9.17, 15) is 9.18 Å². The van der Waals surface area contributed by atoms with E-state index >= 15 is 0 Å². The third-order valence-corrected chi connectivity index (χ3v) is 3.10. The van der Waals surface area contributed by atoms with E-state index in [-0.39, 0.29) is 24.2 Å². The summed E-state index contributed by atoms with van der Waals surface area (Å²) in [6, 6.07) is 11.5. The first kappa shape index (κ1) is 14.1. The van der Waals surface area contributed by atoms with Crippen molar-refractivity contribution in [1.82, 2.24) is 4.98 Å². The van der Waals surface area contributed by atoms with Gasteiger partial charge in [0.2, 0.25) is 0 Å². The molecule has 0 saturated carbocycles. The fourth-order valence-corrected chi connectivity index (χ4v) is 2.06. The van der Waals surface area contributed by atoms with Crippen LogP contribution in [0.25, 0.3) is 11.1 Å². The Morgan fingerprint density at radius 2 is 2.18 bits per heavy atom. The molecule has 2 aromatic carbocycles. The molecule has 6 heteroatoms. The Morgan fingerprint density at radius 1 is 1.32 bits per heavy atom. The van der Waals surface area contributed by atoms with Crippen LogP contribution in [-0.2, 0) is 16.0 Å². The molecule has 22 heavy (non-hydrogen) atoms. The van der Waals surface area contributed by atoms with Crippen LogP contribution >= 0.6 is 0 Å². The van der Waals surface area contributed by atoms with Crippen molar-refractivity contribution in [3.8, 4) is 0 Å². The lowest BCUT2D eigenvalue weighted by atomic mass is 10.1. The van der Waals surface area contributed by atoms with Gasteiger partial charge in [0.25, 0.3) is 6.01 Å². The second-order valence-electron chi connectivity index (χ2n) is 4.71. The number of anilines is 2. The predicted octanol–water partition coefficient (Wildman–Crippen LogP) is 3.43. The molecule has 0 saturated heterocycles. The largest absolute Gasteiger partial charge is 0.469 e. The highest BCUT2D eigenvalue weighted by molar-refractivity contribution is 5.79. The molecule has 1 aromatic heterocycles. The van der Waals surface area contributed by atoms with E-state index in [0.717, 1.165) is 5.56 Å². The SMILES string of the molecule is COC(=O)Cc1ccc2nc(Nc3cccc(F)c3)oc2c1. The number of ether oxygens (including phenoxy) is 1. The predicted molar refractivity (Wildman–Crippen MR) is 79.4 cm³/mol. The lowest BCUT2D eigenvalue weighted by molar-refractivity contribution is -0.139. The molecule has 5 nitrogen and oxygen atoms in total. The van der Waals surface area contributed by atoms with Crippen LogP contribution in [0.15, 0.2) is 46.9 Å². The summed E-state index contributed by atoms with van der Waals surface area (Å²) < 4.78 is 23.3. The molecule has 0 spiro atoms. The number of nitrogens with one attached hydrogen (secondary N) is 1. The summed E-state index contributed by atoms with van der Waals surface area (Å²) >= 11 is 0. The summed E-state index contributed by atoms with van der Waals surface area (Å²) in [6.45, 7) is 0. The first-order valence-corrected chi connectivity index (χ1v) is 6.63. The van der Waals surface area contributed by atoms with Gasteiger partial charge >= 0.3 is 5.97 Å². The van der Waals surface area contributed by atoms with Gasteiger partial charge in [0.05, 0.1) is 13.5 Å². The monoisotopic (exact) mass is 300 g/mol. The Labute approximate surface area is 125 Å². The highest BCUT2D eigenvalue weighted by Gasteiger charge is 2.09. The molecule has 3 rings (SSSR count). The fraction of sp³-hybridized carbons (Fsp3) is 0.125. The number of benzene rings is 2. The molecule has 0 radical (unpaired) electrons. The van der Waals surface area contributed by atoms with Crippen molar-refractivity contribution in [3.05, 3.63) is 53.8 Å². The van der Waals surface area contributed by atoms with Crippen LogP contribution in [0.3, 0.4) is 0 Å². The number of fused-ring (bicyclic) bond motifs is 1. The van der Waals surface area contributed by atoms with Crippen molar-refractivity contribution in [3.63, 3.8) is 0 Å². The Balaban J connectivity index is 1.85. The van der Waals surface area contributed by atoms with E-state index in [2.05, 4.69) is 15.0 Å². The van der Waals surface area contributed by atoms with Crippen LogP contribution in [0.5, 0.6) is 0 Å². The van der Waals surface area contributed by atoms with Crippen molar-refractivity contribution >= 4 is 28.8 Å². The molecule has 0 aliphatic carbocycles. The topological polar surface area (TPSA) is 64.4 Å². The van der Waals surface area contributed by atoms with Crippen LogP contribution in [0.4, 0.5) is 16.1 Å². The maximum atomic E-state index is 13.1. The van der Waals surface area contributed by atoms with Gasteiger partial charge < -0.3 is 14.5 Å². The normalized spacial score (nSPS) is 10.6. The summed E-state index contributed by atoms with van der Waals surface area (Å²) in [6.07, 6.45) is 0.166. The first-order chi connectivity index (χ1) is 10.6. The van der Waals surface area contributed by atoms with Gasteiger partial charge in [-0.05, 0) is 35.9 Å².